The average Bonchev–Trinajstić information content (AvgIpc) is 2.35. The van der Waals surface area contributed by atoms with Crippen LogP contribution in [0.1, 0.15) is 31.4 Å². The molecule has 1 heterocycles. The third kappa shape index (κ3) is 3.21. The topological polar surface area (TPSA) is 41.1 Å². The summed E-state index contributed by atoms with van der Waals surface area (Å²) in [6.07, 6.45) is 1.37. The van der Waals surface area contributed by atoms with Crippen LogP contribution in [0.4, 0.5) is 4.39 Å². The van der Waals surface area contributed by atoms with E-state index in [2.05, 4.69) is 10.6 Å². The molecule has 1 saturated heterocycles. The molecular formula is C13H16ClFN2O. The van der Waals surface area contributed by atoms with Gasteiger partial charge in [-0.2, -0.15) is 0 Å². The van der Waals surface area contributed by atoms with Crippen molar-refractivity contribution in [3.63, 3.8) is 0 Å². The van der Waals surface area contributed by atoms with Crippen LogP contribution in [-0.2, 0) is 4.79 Å². The highest BCUT2D eigenvalue weighted by Crippen LogP contribution is 2.21. The number of carbonyl (C=O) groups excluding carboxylic acids is 1. The van der Waals surface area contributed by atoms with Gasteiger partial charge in [0.2, 0.25) is 5.91 Å². The van der Waals surface area contributed by atoms with Crippen molar-refractivity contribution >= 4 is 17.5 Å². The summed E-state index contributed by atoms with van der Waals surface area (Å²) in [5.41, 5.74) is 0.943. The second-order valence-electron chi connectivity index (χ2n) is 4.60. The average molecular weight is 271 g/mol. The summed E-state index contributed by atoms with van der Waals surface area (Å²) >= 11 is 5.76. The van der Waals surface area contributed by atoms with Gasteiger partial charge in [0.05, 0.1) is 5.02 Å². The van der Waals surface area contributed by atoms with E-state index in [9.17, 15) is 9.18 Å². The van der Waals surface area contributed by atoms with Crippen LogP contribution in [-0.4, -0.2) is 18.5 Å². The number of hydrogen-bond donors (Lipinski definition) is 2. The summed E-state index contributed by atoms with van der Waals surface area (Å²) in [6.45, 7) is 2.64. The molecule has 0 aromatic heterocycles. The Morgan fingerprint density at radius 3 is 2.94 bits per heavy atom. The Labute approximate surface area is 111 Å². The first kappa shape index (κ1) is 13.3. The number of carbonyl (C=O) groups is 1. The second-order valence-corrected chi connectivity index (χ2v) is 5.01. The zero-order valence-electron chi connectivity index (χ0n) is 10.2. The van der Waals surface area contributed by atoms with Gasteiger partial charge >= 0.3 is 0 Å². The molecule has 0 radical (unpaired) electrons. The lowest BCUT2D eigenvalue weighted by Crippen LogP contribution is -2.46. The molecule has 0 aliphatic carbocycles. The SMILES string of the molecule is CC(NC1CCC(=O)NC1)c1ccc(F)c(Cl)c1. The molecule has 5 heteroatoms. The molecule has 2 rings (SSSR count). The minimum atomic E-state index is -0.405. The monoisotopic (exact) mass is 270 g/mol. The molecule has 1 aliphatic heterocycles. The maximum Gasteiger partial charge on any atom is 0.220 e. The van der Waals surface area contributed by atoms with E-state index in [1.165, 1.54) is 6.07 Å². The van der Waals surface area contributed by atoms with Gasteiger partial charge in [-0.25, -0.2) is 4.39 Å². The van der Waals surface area contributed by atoms with Crippen LogP contribution in [0, 0.1) is 5.82 Å². The highest BCUT2D eigenvalue weighted by atomic mass is 35.5. The molecule has 98 valence electrons. The van der Waals surface area contributed by atoms with Crippen molar-refractivity contribution in [2.45, 2.75) is 31.8 Å². The normalized spacial score (nSPS) is 21.5. The van der Waals surface area contributed by atoms with Gasteiger partial charge in [0.25, 0.3) is 0 Å². The summed E-state index contributed by atoms with van der Waals surface area (Å²) in [6, 6.07) is 5.05. The van der Waals surface area contributed by atoms with Gasteiger partial charge in [0.15, 0.2) is 0 Å². The summed E-state index contributed by atoms with van der Waals surface area (Å²) in [7, 11) is 0. The molecule has 18 heavy (non-hydrogen) atoms. The van der Waals surface area contributed by atoms with Crippen molar-refractivity contribution in [1.82, 2.24) is 10.6 Å². The minimum absolute atomic E-state index is 0.0723. The lowest BCUT2D eigenvalue weighted by atomic mass is 10.0. The highest BCUT2D eigenvalue weighted by Gasteiger charge is 2.20. The van der Waals surface area contributed by atoms with Crippen LogP contribution >= 0.6 is 11.6 Å². The maximum absolute atomic E-state index is 13.1. The lowest BCUT2D eigenvalue weighted by Gasteiger charge is -2.27. The summed E-state index contributed by atoms with van der Waals surface area (Å²) in [5, 5.41) is 6.37. The van der Waals surface area contributed by atoms with Crippen LogP contribution in [0.15, 0.2) is 18.2 Å². The fourth-order valence-corrected chi connectivity index (χ4v) is 2.30. The molecule has 1 amide bonds. The van der Waals surface area contributed by atoms with Crippen molar-refractivity contribution in [3.8, 4) is 0 Å². The van der Waals surface area contributed by atoms with E-state index in [0.29, 0.717) is 13.0 Å². The fraction of sp³-hybridized carbons (Fsp3) is 0.462. The van der Waals surface area contributed by atoms with E-state index in [0.717, 1.165) is 12.0 Å². The van der Waals surface area contributed by atoms with Crippen molar-refractivity contribution in [3.05, 3.63) is 34.6 Å². The zero-order valence-corrected chi connectivity index (χ0v) is 10.9. The van der Waals surface area contributed by atoms with Gasteiger partial charge in [-0.15, -0.1) is 0 Å². The Morgan fingerprint density at radius 2 is 2.33 bits per heavy atom. The molecule has 0 saturated carbocycles. The number of halogens is 2. The number of nitrogens with one attached hydrogen (secondary N) is 2. The highest BCUT2D eigenvalue weighted by molar-refractivity contribution is 6.30. The molecule has 1 aromatic carbocycles. The first-order chi connectivity index (χ1) is 8.56. The molecule has 1 fully saturated rings. The second kappa shape index (κ2) is 5.67. The quantitative estimate of drug-likeness (QED) is 0.886. The Bertz CT molecular complexity index is 443. The van der Waals surface area contributed by atoms with Crippen molar-refractivity contribution in [2.75, 3.05) is 6.54 Å². The molecule has 2 N–H and O–H groups in total. The Morgan fingerprint density at radius 1 is 1.56 bits per heavy atom. The van der Waals surface area contributed by atoms with E-state index >= 15 is 0 Å². The third-order valence-corrected chi connectivity index (χ3v) is 3.48. The predicted molar refractivity (Wildman–Crippen MR) is 69.0 cm³/mol. The summed E-state index contributed by atoms with van der Waals surface area (Å²) in [4.78, 5) is 11.0. The van der Waals surface area contributed by atoms with Crippen LogP contribution in [0.3, 0.4) is 0 Å². The van der Waals surface area contributed by atoms with Gasteiger partial charge in [0, 0.05) is 25.0 Å². The van der Waals surface area contributed by atoms with Crippen molar-refractivity contribution in [2.24, 2.45) is 0 Å². The standard InChI is InChI=1S/C13H16ClFN2O/c1-8(9-2-4-12(15)11(14)6-9)17-10-3-5-13(18)16-7-10/h2,4,6,8,10,17H,3,5,7H2,1H3,(H,16,18). The molecule has 2 atom stereocenters. The maximum atomic E-state index is 13.1. The van der Waals surface area contributed by atoms with Crippen molar-refractivity contribution < 1.29 is 9.18 Å². The van der Waals surface area contributed by atoms with Crippen LogP contribution in [0.2, 0.25) is 5.02 Å². The van der Waals surface area contributed by atoms with Gasteiger partial charge in [-0.3, -0.25) is 4.79 Å². The number of amides is 1. The molecule has 1 aromatic rings. The first-order valence-electron chi connectivity index (χ1n) is 6.04. The van der Waals surface area contributed by atoms with Crippen LogP contribution in [0.25, 0.3) is 0 Å². The minimum Gasteiger partial charge on any atom is -0.355 e. The van der Waals surface area contributed by atoms with Crippen LogP contribution < -0.4 is 10.6 Å². The van der Waals surface area contributed by atoms with Gasteiger partial charge in [-0.1, -0.05) is 17.7 Å². The number of benzene rings is 1. The number of rotatable bonds is 3. The number of hydrogen-bond acceptors (Lipinski definition) is 2. The van der Waals surface area contributed by atoms with Gasteiger partial charge in [-0.05, 0) is 31.0 Å². The molecule has 0 spiro atoms. The van der Waals surface area contributed by atoms with Gasteiger partial charge < -0.3 is 10.6 Å². The molecule has 1 aliphatic rings. The van der Waals surface area contributed by atoms with E-state index in [1.807, 2.05) is 6.92 Å². The van der Waals surface area contributed by atoms with Gasteiger partial charge in [0.1, 0.15) is 5.82 Å². The molecule has 2 unspecified atom stereocenters. The number of piperidine rings is 1. The Balaban J connectivity index is 1.96. The largest absolute Gasteiger partial charge is 0.355 e. The Hall–Kier alpha value is -1.13. The lowest BCUT2D eigenvalue weighted by molar-refractivity contribution is -0.122. The van der Waals surface area contributed by atoms with E-state index in [-0.39, 0.29) is 23.0 Å². The van der Waals surface area contributed by atoms with E-state index in [1.54, 1.807) is 12.1 Å². The predicted octanol–water partition coefficient (Wildman–Crippen LogP) is 2.41. The molecule has 3 nitrogen and oxygen atoms in total. The fourth-order valence-electron chi connectivity index (χ4n) is 2.11. The summed E-state index contributed by atoms with van der Waals surface area (Å²) < 4.78 is 13.1. The first-order valence-corrected chi connectivity index (χ1v) is 6.42. The summed E-state index contributed by atoms with van der Waals surface area (Å²) in [5.74, 6) is -0.303. The molecule has 0 bridgehead atoms. The zero-order chi connectivity index (χ0) is 13.1. The Kier molecular flexibility index (Phi) is 4.19. The van der Waals surface area contributed by atoms with E-state index in [4.69, 9.17) is 11.6 Å². The van der Waals surface area contributed by atoms with Crippen molar-refractivity contribution in [1.29, 1.82) is 0 Å². The third-order valence-electron chi connectivity index (χ3n) is 3.19. The molecular weight excluding hydrogens is 255 g/mol. The van der Waals surface area contributed by atoms with Crippen LogP contribution in [0.5, 0.6) is 0 Å². The smallest absolute Gasteiger partial charge is 0.220 e. The van der Waals surface area contributed by atoms with E-state index < -0.39 is 5.82 Å².